The van der Waals surface area contributed by atoms with Gasteiger partial charge in [0.2, 0.25) is 11.7 Å². The summed E-state index contributed by atoms with van der Waals surface area (Å²) >= 11 is 3.53. The molecule has 1 unspecified atom stereocenters. The number of rotatable bonds is 3. The van der Waals surface area contributed by atoms with E-state index in [0.717, 1.165) is 28.2 Å². The highest BCUT2D eigenvalue weighted by Gasteiger charge is 2.33. The molecule has 1 saturated carbocycles. The first-order valence-electron chi connectivity index (χ1n) is 6.87. The van der Waals surface area contributed by atoms with Crippen LogP contribution in [0.1, 0.15) is 24.8 Å². The summed E-state index contributed by atoms with van der Waals surface area (Å²) in [6, 6.07) is 9.76. The van der Waals surface area contributed by atoms with Crippen molar-refractivity contribution in [3.63, 3.8) is 0 Å². The molecule has 3 aromatic rings. The van der Waals surface area contributed by atoms with Crippen LogP contribution in [0.15, 0.2) is 39.3 Å². The number of para-hydroxylation sites is 1. The molecule has 2 aromatic heterocycles. The third kappa shape index (κ3) is 2.34. The van der Waals surface area contributed by atoms with Crippen molar-refractivity contribution in [1.29, 1.82) is 0 Å². The van der Waals surface area contributed by atoms with E-state index < -0.39 is 0 Å². The zero-order valence-corrected chi connectivity index (χ0v) is 12.7. The average molecular weight is 345 g/mol. The lowest BCUT2D eigenvalue weighted by molar-refractivity contribution is 0.343. The van der Waals surface area contributed by atoms with E-state index in [4.69, 9.17) is 10.3 Å². The Morgan fingerprint density at radius 3 is 2.86 bits per heavy atom. The normalized spacial score (nSPS) is 16.3. The second kappa shape index (κ2) is 4.89. The highest BCUT2D eigenvalue weighted by Crippen LogP contribution is 2.39. The van der Waals surface area contributed by atoms with Gasteiger partial charge < -0.3 is 10.3 Å². The van der Waals surface area contributed by atoms with Gasteiger partial charge in [0.25, 0.3) is 0 Å². The summed E-state index contributed by atoms with van der Waals surface area (Å²) in [6.07, 6.45) is 2.27. The molecule has 21 heavy (non-hydrogen) atoms. The first-order valence-corrected chi connectivity index (χ1v) is 7.66. The standard InChI is InChI=1S/C15H13BrN4O/c16-10-7-9-3-1-2-4-11(9)18-13(10)14-19-15(21-20-14)12(17)8-5-6-8/h1-4,7-8,12H,5-6,17H2. The van der Waals surface area contributed by atoms with Crippen molar-refractivity contribution in [2.24, 2.45) is 11.7 Å². The maximum atomic E-state index is 6.09. The van der Waals surface area contributed by atoms with Gasteiger partial charge in [-0.2, -0.15) is 4.98 Å². The van der Waals surface area contributed by atoms with Crippen molar-refractivity contribution in [2.45, 2.75) is 18.9 Å². The van der Waals surface area contributed by atoms with Crippen LogP contribution in [0.2, 0.25) is 0 Å². The number of benzene rings is 1. The van der Waals surface area contributed by atoms with Gasteiger partial charge in [0, 0.05) is 9.86 Å². The molecule has 0 bridgehead atoms. The van der Waals surface area contributed by atoms with Crippen LogP contribution in [0, 0.1) is 5.92 Å². The molecule has 2 heterocycles. The number of nitrogens with two attached hydrogens (primary N) is 1. The molecule has 0 spiro atoms. The topological polar surface area (TPSA) is 77.8 Å². The minimum atomic E-state index is -0.162. The van der Waals surface area contributed by atoms with Gasteiger partial charge in [0.15, 0.2) is 0 Å². The average Bonchev–Trinajstić information content (AvgIpc) is 3.23. The van der Waals surface area contributed by atoms with E-state index in [2.05, 4.69) is 31.1 Å². The molecule has 6 heteroatoms. The highest BCUT2D eigenvalue weighted by molar-refractivity contribution is 9.10. The molecule has 0 amide bonds. The lowest BCUT2D eigenvalue weighted by atomic mass is 10.2. The van der Waals surface area contributed by atoms with Gasteiger partial charge in [0.05, 0.1) is 11.6 Å². The Hall–Kier alpha value is -1.79. The summed E-state index contributed by atoms with van der Waals surface area (Å²) in [7, 11) is 0. The number of aromatic nitrogens is 3. The number of nitrogens with zero attached hydrogens (tertiary/aromatic N) is 3. The van der Waals surface area contributed by atoms with E-state index in [0.29, 0.717) is 23.3 Å². The molecule has 4 rings (SSSR count). The van der Waals surface area contributed by atoms with Gasteiger partial charge in [-0.05, 0) is 46.8 Å². The maximum Gasteiger partial charge on any atom is 0.244 e. The Morgan fingerprint density at radius 2 is 2.05 bits per heavy atom. The van der Waals surface area contributed by atoms with Crippen molar-refractivity contribution in [1.82, 2.24) is 15.1 Å². The van der Waals surface area contributed by atoms with E-state index in [-0.39, 0.29) is 6.04 Å². The zero-order chi connectivity index (χ0) is 14.4. The van der Waals surface area contributed by atoms with Crippen LogP contribution in [0.25, 0.3) is 22.4 Å². The predicted molar refractivity (Wildman–Crippen MR) is 82.4 cm³/mol. The highest BCUT2D eigenvalue weighted by atomic mass is 79.9. The molecular weight excluding hydrogens is 332 g/mol. The molecule has 1 atom stereocenters. The van der Waals surface area contributed by atoms with E-state index in [1.807, 2.05) is 30.3 Å². The van der Waals surface area contributed by atoms with Crippen molar-refractivity contribution in [2.75, 3.05) is 0 Å². The van der Waals surface area contributed by atoms with Gasteiger partial charge in [0.1, 0.15) is 5.69 Å². The van der Waals surface area contributed by atoms with E-state index in [1.165, 1.54) is 0 Å². The summed E-state index contributed by atoms with van der Waals surface area (Å²) in [5.74, 6) is 1.44. The van der Waals surface area contributed by atoms with Gasteiger partial charge in [-0.3, -0.25) is 0 Å². The molecule has 1 aliphatic rings. The number of hydrogen-bond donors (Lipinski definition) is 1. The molecule has 106 valence electrons. The van der Waals surface area contributed by atoms with Crippen LogP contribution >= 0.6 is 15.9 Å². The predicted octanol–water partition coefficient (Wildman–Crippen LogP) is 3.46. The quantitative estimate of drug-likeness (QED) is 0.787. The molecule has 0 radical (unpaired) electrons. The van der Waals surface area contributed by atoms with E-state index >= 15 is 0 Å². The summed E-state index contributed by atoms with van der Waals surface area (Å²) in [5.41, 5.74) is 7.66. The monoisotopic (exact) mass is 344 g/mol. The molecule has 2 N–H and O–H groups in total. The summed E-state index contributed by atoms with van der Waals surface area (Å²) < 4.78 is 6.14. The molecule has 5 nitrogen and oxygen atoms in total. The fourth-order valence-corrected chi connectivity index (χ4v) is 2.88. The van der Waals surface area contributed by atoms with Crippen molar-refractivity contribution < 1.29 is 4.52 Å². The van der Waals surface area contributed by atoms with Crippen LogP contribution in [-0.4, -0.2) is 15.1 Å². The minimum absolute atomic E-state index is 0.162. The van der Waals surface area contributed by atoms with Gasteiger partial charge >= 0.3 is 0 Å². The molecule has 1 fully saturated rings. The maximum absolute atomic E-state index is 6.09. The SMILES string of the molecule is NC(c1nc(-c2nc3ccccc3cc2Br)no1)C1CC1. The van der Waals surface area contributed by atoms with Crippen molar-refractivity contribution in [3.05, 3.63) is 40.7 Å². The number of halogens is 1. The van der Waals surface area contributed by atoms with E-state index in [9.17, 15) is 0 Å². The van der Waals surface area contributed by atoms with Crippen LogP contribution in [0.5, 0.6) is 0 Å². The Bertz CT molecular complexity index is 812. The molecular formula is C15H13BrN4O. The van der Waals surface area contributed by atoms with E-state index in [1.54, 1.807) is 0 Å². The number of fused-ring (bicyclic) bond motifs is 1. The Morgan fingerprint density at radius 1 is 1.24 bits per heavy atom. The van der Waals surface area contributed by atoms with Crippen LogP contribution in [0.4, 0.5) is 0 Å². The fraction of sp³-hybridized carbons (Fsp3) is 0.267. The Balaban J connectivity index is 1.77. The first-order chi connectivity index (χ1) is 10.2. The van der Waals surface area contributed by atoms with Crippen molar-refractivity contribution in [3.8, 4) is 11.5 Å². The Labute approximate surface area is 129 Å². The van der Waals surface area contributed by atoms with Crippen LogP contribution < -0.4 is 5.73 Å². The van der Waals surface area contributed by atoms with Crippen LogP contribution in [0.3, 0.4) is 0 Å². The lowest BCUT2D eigenvalue weighted by Gasteiger charge is -2.03. The molecule has 0 aliphatic heterocycles. The molecule has 0 saturated heterocycles. The van der Waals surface area contributed by atoms with Gasteiger partial charge in [-0.1, -0.05) is 23.4 Å². The van der Waals surface area contributed by atoms with Crippen LogP contribution in [-0.2, 0) is 0 Å². The summed E-state index contributed by atoms with van der Waals surface area (Å²) in [6.45, 7) is 0. The van der Waals surface area contributed by atoms with Gasteiger partial charge in [-0.25, -0.2) is 4.98 Å². The number of hydrogen-bond acceptors (Lipinski definition) is 5. The largest absolute Gasteiger partial charge is 0.337 e. The second-order valence-electron chi connectivity index (χ2n) is 5.33. The second-order valence-corrected chi connectivity index (χ2v) is 6.19. The van der Waals surface area contributed by atoms with Gasteiger partial charge in [-0.15, -0.1) is 0 Å². The minimum Gasteiger partial charge on any atom is -0.337 e. The first kappa shape index (κ1) is 12.9. The summed E-state index contributed by atoms with van der Waals surface area (Å²) in [5, 5.41) is 5.09. The lowest BCUT2D eigenvalue weighted by Crippen LogP contribution is -2.12. The Kier molecular flexibility index (Phi) is 3.01. The summed E-state index contributed by atoms with van der Waals surface area (Å²) in [4.78, 5) is 9.02. The fourth-order valence-electron chi connectivity index (χ4n) is 2.37. The third-order valence-corrected chi connectivity index (χ3v) is 4.35. The van der Waals surface area contributed by atoms with Crippen molar-refractivity contribution >= 4 is 26.8 Å². The smallest absolute Gasteiger partial charge is 0.244 e. The molecule has 1 aliphatic carbocycles. The number of pyridine rings is 1. The third-order valence-electron chi connectivity index (χ3n) is 3.75. The molecule has 1 aromatic carbocycles. The zero-order valence-electron chi connectivity index (χ0n) is 11.2.